The van der Waals surface area contributed by atoms with E-state index >= 15 is 0 Å². The van der Waals surface area contributed by atoms with Crippen LogP contribution < -0.4 is 10.2 Å². The average molecular weight is 490 g/mol. The van der Waals surface area contributed by atoms with E-state index in [1.165, 1.54) is 0 Å². The van der Waals surface area contributed by atoms with E-state index in [1.54, 1.807) is 18.2 Å². The number of carbonyl (C=O) groups excluding carboxylic acids is 2. The average Bonchev–Trinajstić information content (AvgIpc) is 2.75. The summed E-state index contributed by atoms with van der Waals surface area (Å²) in [6.07, 6.45) is 1.66. The van der Waals surface area contributed by atoms with Gasteiger partial charge in [0.25, 0.3) is 5.91 Å². The molecule has 3 rings (SSSR count). The summed E-state index contributed by atoms with van der Waals surface area (Å²) < 4.78 is 0. The Bertz CT molecular complexity index is 978. The summed E-state index contributed by atoms with van der Waals surface area (Å²) in [6, 6.07) is 12.6. The highest BCUT2D eigenvalue weighted by molar-refractivity contribution is 6.42. The van der Waals surface area contributed by atoms with Crippen LogP contribution >= 0.6 is 23.2 Å². The summed E-state index contributed by atoms with van der Waals surface area (Å²) in [5.74, 6) is 0.406. The van der Waals surface area contributed by atoms with Crippen LogP contribution in [0.5, 0.6) is 0 Å². The molecule has 0 saturated carbocycles. The molecule has 0 radical (unpaired) electrons. The van der Waals surface area contributed by atoms with Gasteiger partial charge >= 0.3 is 0 Å². The number of nitrogens with zero attached hydrogens (tertiary/aromatic N) is 2. The molecule has 1 aliphatic heterocycles. The first-order chi connectivity index (χ1) is 15.5. The topological polar surface area (TPSA) is 52.7 Å². The molecular formula is C26H33Cl2N3O2. The number of rotatable bonds is 6. The lowest BCUT2D eigenvalue weighted by atomic mass is 9.84. The SMILES string of the molecule is CC(CC(=O)N1CCN(c2ccc(NC(=O)c3ccc(Cl)c(Cl)c3)cc2)CC1)CC(C)(C)C. The fourth-order valence-corrected chi connectivity index (χ4v) is 4.65. The Kier molecular flexibility index (Phi) is 8.30. The van der Waals surface area contributed by atoms with Gasteiger partial charge in [-0.25, -0.2) is 0 Å². The predicted octanol–water partition coefficient (Wildman–Crippen LogP) is 6.36. The summed E-state index contributed by atoms with van der Waals surface area (Å²) >= 11 is 11.9. The van der Waals surface area contributed by atoms with E-state index in [4.69, 9.17) is 23.2 Å². The highest BCUT2D eigenvalue weighted by atomic mass is 35.5. The predicted molar refractivity (Wildman–Crippen MR) is 138 cm³/mol. The van der Waals surface area contributed by atoms with Crippen molar-refractivity contribution in [3.05, 3.63) is 58.1 Å². The van der Waals surface area contributed by atoms with Crippen LogP contribution in [0, 0.1) is 11.3 Å². The molecule has 1 atom stereocenters. The number of carbonyl (C=O) groups is 2. The second kappa shape index (κ2) is 10.8. The molecule has 0 aliphatic carbocycles. The van der Waals surface area contributed by atoms with Crippen molar-refractivity contribution in [3.8, 4) is 0 Å². The van der Waals surface area contributed by atoms with Gasteiger partial charge in [-0.05, 0) is 60.2 Å². The van der Waals surface area contributed by atoms with Gasteiger partial charge in [0.1, 0.15) is 0 Å². The summed E-state index contributed by atoms with van der Waals surface area (Å²) in [5.41, 5.74) is 2.48. The molecule has 2 aromatic carbocycles. The van der Waals surface area contributed by atoms with Gasteiger partial charge in [0.2, 0.25) is 5.91 Å². The first-order valence-electron chi connectivity index (χ1n) is 11.4. The molecule has 1 heterocycles. The Morgan fingerprint density at radius 2 is 1.61 bits per heavy atom. The zero-order valence-corrected chi connectivity index (χ0v) is 21.3. The number of hydrogen-bond acceptors (Lipinski definition) is 3. The van der Waals surface area contributed by atoms with Crippen molar-refractivity contribution in [2.45, 2.75) is 40.5 Å². The summed E-state index contributed by atoms with van der Waals surface area (Å²) in [7, 11) is 0. The molecule has 1 saturated heterocycles. The second-order valence-electron chi connectivity index (χ2n) is 10.1. The Labute approximate surface area is 207 Å². The van der Waals surface area contributed by atoms with Crippen LogP contribution in [-0.4, -0.2) is 42.9 Å². The molecule has 2 amide bonds. The van der Waals surface area contributed by atoms with Gasteiger partial charge in [0.15, 0.2) is 0 Å². The third-order valence-corrected chi connectivity index (χ3v) is 6.53. The van der Waals surface area contributed by atoms with Crippen molar-refractivity contribution < 1.29 is 9.59 Å². The van der Waals surface area contributed by atoms with Crippen molar-refractivity contribution in [2.75, 3.05) is 36.4 Å². The summed E-state index contributed by atoms with van der Waals surface area (Å²) in [4.78, 5) is 29.4. The minimum Gasteiger partial charge on any atom is -0.368 e. The standard InChI is InChI=1S/C26H33Cl2N3O2/c1-18(17-26(2,3)4)15-24(32)31-13-11-30(12-14-31)21-8-6-20(7-9-21)29-25(33)19-5-10-22(27)23(28)16-19/h5-10,16,18H,11-15,17H2,1-4H3,(H,29,33). The van der Waals surface area contributed by atoms with Crippen LogP contribution in [0.2, 0.25) is 10.0 Å². The molecule has 1 aliphatic rings. The number of halogens is 2. The maximum absolute atomic E-state index is 12.7. The highest BCUT2D eigenvalue weighted by Gasteiger charge is 2.24. The van der Waals surface area contributed by atoms with Crippen molar-refractivity contribution >= 4 is 46.4 Å². The van der Waals surface area contributed by atoms with Gasteiger partial charge in [-0.1, -0.05) is 50.9 Å². The molecular weight excluding hydrogens is 457 g/mol. The number of hydrogen-bond donors (Lipinski definition) is 1. The lowest BCUT2D eigenvalue weighted by molar-refractivity contribution is -0.132. The molecule has 5 nitrogen and oxygen atoms in total. The van der Waals surface area contributed by atoms with Crippen molar-refractivity contribution in [2.24, 2.45) is 11.3 Å². The monoisotopic (exact) mass is 489 g/mol. The normalized spacial score (nSPS) is 15.3. The number of benzene rings is 2. The molecule has 1 unspecified atom stereocenters. The van der Waals surface area contributed by atoms with Gasteiger partial charge in [0, 0.05) is 49.5 Å². The van der Waals surface area contributed by atoms with Crippen LogP contribution in [0.15, 0.2) is 42.5 Å². The van der Waals surface area contributed by atoms with E-state index in [9.17, 15) is 9.59 Å². The summed E-state index contributed by atoms with van der Waals surface area (Å²) in [6.45, 7) is 11.9. The molecule has 0 spiro atoms. The number of amides is 2. The number of nitrogens with one attached hydrogen (secondary N) is 1. The van der Waals surface area contributed by atoms with Crippen LogP contribution in [0.3, 0.4) is 0 Å². The first-order valence-corrected chi connectivity index (χ1v) is 12.2. The van der Waals surface area contributed by atoms with E-state index in [1.807, 2.05) is 29.2 Å². The molecule has 1 fully saturated rings. The Hall–Kier alpha value is -2.24. The fourth-order valence-electron chi connectivity index (χ4n) is 4.36. The van der Waals surface area contributed by atoms with Crippen molar-refractivity contribution in [3.63, 3.8) is 0 Å². The lowest BCUT2D eigenvalue weighted by Crippen LogP contribution is -2.49. The van der Waals surface area contributed by atoms with Crippen LogP contribution in [0.25, 0.3) is 0 Å². The largest absolute Gasteiger partial charge is 0.368 e. The molecule has 0 bridgehead atoms. The third kappa shape index (κ3) is 7.38. The lowest BCUT2D eigenvalue weighted by Gasteiger charge is -2.37. The molecule has 0 aromatic heterocycles. The van der Waals surface area contributed by atoms with Crippen molar-refractivity contribution in [1.82, 2.24) is 4.90 Å². The minimum atomic E-state index is -0.242. The molecule has 33 heavy (non-hydrogen) atoms. The van der Waals surface area contributed by atoms with E-state index in [0.717, 1.165) is 38.3 Å². The number of anilines is 2. The van der Waals surface area contributed by atoms with Gasteiger partial charge in [0.05, 0.1) is 10.0 Å². The zero-order valence-electron chi connectivity index (χ0n) is 19.8. The molecule has 1 N–H and O–H groups in total. The smallest absolute Gasteiger partial charge is 0.255 e. The summed E-state index contributed by atoms with van der Waals surface area (Å²) in [5, 5.41) is 3.64. The van der Waals surface area contributed by atoms with Crippen molar-refractivity contribution in [1.29, 1.82) is 0 Å². The Morgan fingerprint density at radius 1 is 0.970 bits per heavy atom. The Morgan fingerprint density at radius 3 is 2.18 bits per heavy atom. The minimum absolute atomic E-state index is 0.242. The Balaban J connectivity index is 1.50. The van der Waals surface area contributed by atoms with Gasteiger partial charge < -0.3 is 15.1 Å². The third-order valence-electron chi connectivity index (χ3n) is 5.79. The van der Waals surface area contributed by atoms with Crippen LogP contribution in [0.1, 0.15) is 50.9 Å². The van der Waals surface area contributed by atoms with E-state index < -0.39 is 0 Å². The molecule has 178 valence electrons. The van der Waals surface area contributed by atoms with Gasteiger partial charge in [-0.3, -0.25) is 9.59 Å². The second-order valence-corrected chi connectivity index (χ2v) is 10.9. The fraction of sp³-hybridized carbons (Fsp3) is 0.462. The molecule has 2 aromatic rings. The van der Waals surface area contributed by atoms with E-state index in [-0.39, 0.29) is 17.2 Å². The zero-order chi connectivity index (χ0) is 24.2. The first kappa shape index (κ1) is 25.4. The van der Waals surface area contributed by atoms with Crippen LogP contribution in [-0.2, 0) is 4.79 Å². The maximum atomic E-state index is 12.7. The number of piperazine rings is 1. The quantitative estimate of drug-likeness (QED) is 0.513. The van der Waals surface area contributed by atoms with E-state index in [2.05, 4.69) is 37.9 Å². The maximum Gasteiger partial charge on any atom is 0.255 e. The van der Waals surface area contributed by atoms with E-state index in [0.29, 0.717) is 33.6 Å². The van der Waals surface area contributed by atoms with Gasteiger partial charge in [-0.15, -0.1) is 0 Å². The molecule has 7 heteroatoms. The van der Waals surface area contributed by atoms with Crippen LogP contribution in [0.4, 0.5) is 11.4 Å². The highest BCUT2D eigenvalue weighted by Crippen LogP contribution is 2.27. The van der Waals surface area contributed by atoms with Gasteiger partial charge in [-0.2, -0.15) is 0 Å².